The zero-order chi connectivity index (χ0) is 23.3. The van der Waals surface area contributed by atoms with E-state index in [2.05, 4.69) is 15.5 Å². The van der Waals surface area contributed by atoms with Crippen LogP contribution in [-0.2, 0) is 26.9 Å². The van der Waals surface area contributed by atoms with Gasteiger partial charge in [0.25, 0.3) is 5.91 Å². The topological polar surface area (TPSA) is 94.3 Å². The molecular formula is C21H17F4N3O4. The summed E-state index contributed by atoms with van der Waals surface area (Å²) in [5.74, 6) is -1.42. The molecule has 0 radical (unpaired) electrons. The Labute approximate surface area is 179 Å². The Bertz CT molecular complexity index is 1080. The van der Waals surface area contributed by atoms with E-state index in [0.29, 0.717) is 5.56 Å². The molecule has 7 nitrogen and oxygen atoms in total. The number of anilines is 1. The third kappa shape index (κ3) is 6.13. The number of hydrogen-bond acceptors (Lipinski definition) is 6. The number of ether oxygens (including phenoxy) is 1. The maximum absolute atomic E-state index is 13.0. The minimum atomic E-state index is -4.48. The van der Waals surface area contributed by atoms with Crippen molar-refractivity contribution in [3.8, 4) is 11.4 Å². The van der Waals surface area contributed by atoms with Crippen LogP contribution in [0.1, 0.15) is 24.8 Å². The summed E-state index contributed by atoms with van der Waals surface area (Å²) in [7, 11) is 0. The molecule has 3 rings (SSSR count). The van der Waals surface area contributed by atoms with Crippen LogP contribution in [0, 0.1) is 5.82 Å². The highest BCUT2D eigenvalue weighted by molar-refractivity contribution is 5.95. The molecule has 0 bridgehead atoms. The van der Waals surface area contributed by atoms with Crippen LogP contribution >= 0.6 is 0 Å². The number of nitrogens with zero attached hydrogens (tertiary/aromatic N) is 2. The number of nitrogens with one attached hydrogen (secondary N) is 1. The Balaban J connectivity index is 1.47. The van der Waals surface area contributed by atoms with Crippen LogP contribution in [0.4, 0.5) is 23.2 Å². The summed E-state index contributed by atoms with van der Waals surface area (Å²) in [4.78, 5) is 28.2. The first-order valence-electron chi connectivity index (χ1n) is 9.38. The number of hydrogen-bond donors (Lipinski definition) is 1. The zero-order valence-corrected chi connectivity index (χ0v) is 16.6. The SMILES string of the molecule is CC(OC(=O)CCc1nc(-c2ccc(F)cc2)no1)C(=O)Nc1ccc(C(F)(F)F)cc1. The van der Waals surface area contributed by atoms with Crippen LogP contribution in [0.15, 0.2) is 53.1 Å². The predicted molar refractivity (Wildman–Crippen MR) is 104 cm³/mol. The molecule has 0 aliphatic carbocycles. The van der Waals surface area contributed by atoms with Crippen LogP contribution in [0.25, 0.3) is 11.4 Å². The molecular weight excluding hydrogens is 434 g/mol. The molecule has 1 unspecified atom stereocenters. The van der Waals surface area contributed by atoms with Gasteiger partial charge in [-0.3, -0.25) is 9.59 Å². The number of aryl methyl sites for hydroxylation is 1. The molecule has 3 aromatic rings. The van der Waals surface area contributed by atoms with Crippen molar-refractivity contribution in [1.29, 1.82) is 0 Å². The monoisotopic (exact) mass is 451 g/mol. The number of carbonyl (C=O) groups is 2. The van der Waals surface area contributed by atoms with E-state index in [1.54, 1.807) is 0 Å². The van der Waals surface area contributed by atoms with Gasteiger partial charge < -0.3 is 14.6 Å². The highest BCUT2D eigenvalue weighted by atomic mass is 19.4. The summed E-state index contributed by atoms with van der Waals surface area (Å²) in [5, 5.41) is 6.13. The second kappa shape index (κ2) is 9.58. The van der Waals surface area contributed by atoms with Crippen molar-refractivity contribution in [2.75, 3.05) is 5.32 Å². The molecule has 0 aliphatic rings. The second-order valence-electron chi connectivity index (χ2n) is 6.72. The molecule has 1 atom stereocenters. The van der Waals surface area contributed by atoms with Gasteiger partial charge in [0.1, 0.15) is 5.82 Å². The van der Waals surface area contributed by atoms with Crippen molar-refractivity contribution in [1.82, 2.24) is 10.1 Å². The fourth-order valence-electron chi connectivity index (χ4n) is 2.58. The average molecular weight is 451 g/mol. The molecule has 0 saturated heterocycles. The van der Waals surface area contributed by atoms with Crippen LogP contribution in [0.5, 0.6) is 0 Å². The lowest BCUT2D eigenvalue weighted by molar-refractivity contribution is -0.153. The summed E-state index contributed by atoms with van der Waals surface area (Å²) in [5.41, 5.74) is -0.179. The number of carbonyl (C=O) groups excluding carboxylic acids is 2. The Hall–Kier alpha value is -3.76. The van der Waals surface area contributed by atoms with Gasteiger partial charge >= 0.3 is 12.1 Å². The quantitative estimate of drug-likeness (QED) is 0.423. The van der Waals surface area contributed by atoms with Crippen molar-refractivity contribution in [3.63, 3.8) is 0 Å². The highest BCUT2D eigenvalue weighted by Crippen LogP contribution is 2.29. The smallest absolute Gasteiger partial charge is 0.416 e. The van der Waals surface area contributed by atoms with Gasteiger partial charge in [0.15, 0.2) is 6.10 Å². The maximum atomic E-state index is 13.0. The molecule has 11 heteroatoms. The standard InChI is InChI=1S/C21H17F4N3O4/c1-12(20(30)26-16-8-4-14(5-9-16)21(23,24)25)31-18(29)11-10-17-27-19(28-32-17)13-2-6-15(22)7-3-13/h2-9,12H,10-11H2,1H3,(H,26,30). The first kappa shape index (κ1) is 22.9. The minimum Gasteiger partial charge on any atom is -0.453 e. The van der Waals surface area contributed by atoms with Crippen LogP contribution < -0.4 is 5.32 Å². The third-order valence-electron chi connectivity index (χ3n) is 4.27. The average Bonchev–Trinajstić information content (AvgIpc) is 3.21. The summed E-state index contributed by atoms with van der Waals surface area (Å²) in [6, 6.07) is 9.32. The number of halogens is 4. The minimum absolute atomic E-state index is 0.0558. The number of alkyl halides is 3. The summed E-state index contributed by atoms with van der Waals surface area (Å²) in [6.07, 6.45) is -5.76. The molecule has 1 amide bonds. The molecule has 0 saturated carbocycles. The predicted octanol–water partition coefficient (Wildman–Crippen LogP) is 4.40. The van der Waals surface area contributed by atoms with Gasteiger partial charge in [-0.2, -0.15) is 18.2 Å². The van der Waals surface area contributed by atoms with Crippen molar-refractivity contribution in [2.24, 2.45) is 0 Å². The number of aromatic nitrogens is 2. The van der Waals surface area contributed by atoms with Gasteiger partial charge in [0, 0.05) is 17.7 Å². The maximum Gasteiger partial charge on any atom is 0.416 e. The number of benzene rings is 2. The van der Waals surface area contributed by atoms with E-state index < -0.39 is 35.5 Å². The Morgan fingerprint density at radius 2 is 1.75 bits per heavy atom. The van der Waals surface area contributed by atoms with Crippen molar-refractivity contribution >= 4 is 17.6 Å². The summed E-state index contributed by atoms with van der Waals surface area (Å²) < 4.78 is 60.8. The largest absolute Gasteiger partial charge is 0.453 e. The molecule has 2 aromatic carbocycles. The van der Waals surface area contributed by atoms with E-state index in [0.717, 1.165) is 24.3 Å². The van der Waals surface area contributed by atoms with Gasteiger partial charge in [-0.15, -0.1) is 0 Å². The van der Waals surface area contributed by atoms with Gasteiger partial charge in [0.05, 0.1) is 12.0 Å². The zero-order valence-electron chi connectivity index (χ0n) is 16.6. The van der Waals surface area contributed by atoms with E-state index in [1.807, 2.05) is 0 Å². The molecule has 32 heavy (non-hydrogen) atoms. The molecule has 168 valence electrons. The number of amides is 1. The lowest BCUT2D eigenvalue weighted by Crippen LogP contribution is -2.30. The summed E-state index contributed by atoms with van der Waals surface area (Å²) in [6.45, 7) is 1.33. The summed E-state index contributed by atoms with van der Waals surface area (Å²) >= 11 is 0. The normalized spacial score (nSPS) is 12.3. The Kier molecular flexibility index (Phi) is 6.86. The lowest BCUT2D eigenvalue weighted by Gasteiger charge is -2.14. The van der Waals surface area contributed by atoms with E-state index in [1.165, 1.54) is 31.2 Å². The van der Waals surface area contributed by atoms with Gasteiger partial charge in [-0.1, -0.05) is 5.16 Å². The van der Waals surface area contributed by atoms with E-state index in [9.17, 15) is 27.2 Å². The number of rotatable bonds is 7. The first-order chi connectivity index (χ1) is 15.1. The molecule has 0 aliphatic heterocycles. The van der Waals surface area contributed by atoms with Gasteiger partial charge in [0.2, 0.25) is 11.7 Å². The van der Waals surface area contributed by atoms with Crippen LogP contribution in [0.3, 0.4) is 0 Å². The molecule has 0 spiro atoms. The highest BCUT2D eigenvalue weighted by Gasteiger charge is 2.30. The van der Waals surface area contributed by atoms with Crippen molar-refractivity contribution < 1.29 is 36.4 Å². The third-order valence-corrected chi connectivity index (χ3v) is 4.27. The van der Waals surface area contributed by atoms with Crippen LogP contribution in [-0.4, -0.2) is 28.1 Å². The second-order valence-corrected chi connectivity index (χ2v) is 6.72. The number of esters is 1. The molecule has 0 fully saturated rings. The van der Waals surface area contributed by atoms with Crippen molar-refractivity contribution in [2.45, 2.75) is 32.0 Å². The van der Waals surface area contributed by atoms with E-state index >= 15 is 0 Å². The fraction of sp³-hybridized carbons (Fsp3) is 0.238. The van der Waals surface area contributed by atoms with Gasteiger partial charge in [-0.05, 0) is 55.5 Å². The first-order valence-corrected chi connectivity index (χ1v) is 9.38. The molecule has 1 N–H and O–H groups in total. The van der Waals surface area contributed by atoms with Crippen LogP contribution in [0.2, 0.25) is 0 Å². The van der Waals surface area contributed by atoms with E-state index in [-0.39, 0.29) is 30.2 Å². The Morgan fingerprint density at radius 1 is 1.09 bits per heavy atom. The Morgan fingerprint density at radius 3 is 2.38 bits per heavy atom. The van der Waals surface area contributed by atoms with E-state index in [4.69, 9.17) is 9.26 Å². The lowest BCUT2D eigenvalue weighted by atomic mass is 10.2. The van der Waals surface area contributed by atoms with Gasteiger partial charge in [-0.25, -0.2) is 4.39 Å². The van der Waals surface area contributed by atoms with Crippen molar-refractivity contribution in [3.05, 3.63) is 65.8 Å². The molecule has 1 aromatic heterocycles. The fourth-order valence-corrected chi connectivity index (χ4v) is 2.58. The molecule has 1 heterocycles.